The lowest BCUT2D eigenvalue weighted by Gasteiger charge is -2.04. The standard InChI is InChI=1S/C12H15N3OS/c1-7(2)13-12(16)10-6-9(14-15-10)11-5-4-8(3)17-11/h4-7H,1-3H3,(H,13,16)(H,14,15). The number of hydrogen-bond acceptors (Lipinski definition) is 3. The van der Waals surface area contributed by atoms with Gasteiger partial charge in [0.25, 0.3) is 5.91 Å². The minimum atomic E-state index is -0.143. The zero-order valence-electron chi connectivity index (χ0n) is 10.1. The van der Waals surface area contributed by atoms with Gasteiger partial charge in [-0.3, -0.25) is 9.89 Å². The van der Waals surface area contributed by atoms with Crippen LogP contribution in [0, 0.1) is 6.92 Å². The van der Waals surface area contributed by atoms with Gasteiger partial charge in [0.15, 0.2) is 5.69 Å². The molecule has 5 heteroatoms. The molecule has 0 saturated carbocycles. The molecular formula is C12H15N3OS. The Morgan fingerprint density at radius 1 is 1.47 bits per heavy atom. The topological polar surface area (TPSA) is 57.8 Å². The summed E-state index contributed by atoms with van der Waals surface area (Å²) < 4.78 is 0. The number of nitrogens with zero attached hydrogens (tertiary/aromatic N) is 1. The number of hydrogen-bond donors (Lipinski definition) is 2. The van der Waals surface area contributed by atoms with E-state index in [1.807, 2.05) is 19.9 Å². The van der Waals surface area contributed by atoms with E-state index in [0.717, 1.165) is 10.6 Å². The molecule has 0 saturated heterocycles. The highest BCUT2D eigenvalue weighted by Gasteiger charge is 2.12. The van der Waals surface area contributed by atoms with E-state index in [-0.39, 0.29) is 11.9 Å². The maximum Gasteiger partial charge on any atom is 0.271 e. The number of amides is 1. The summed E-state index contributed by atoms with van der Waals surface area (Å²) in [6.45, 7) is 5.90. The molecule has 17 heavy (non-hydrogen) atoms. The molecule has 0 fully saturated rings. The third-order valence-corrected chi connectivity index (χ3v) is 3.27. The van der Waals surface area contributed by atoms with E-state index in [9.17, 15) is 4.79 Å². The van der Waals surface area contributed by atoms with Crippen molar-refractivity contribution in [1.29, 1.82) is 0 Å². The Balaban J connectivity index is 2.19. The second-order valence-corrected chi connectivity index (χ2v) is 5.49. The minimum Gasteiger partial charge on any atom is -0.348 e. The first-order valence-corrected chi connectivity index (χ1v) is 6.31. The number of nitrogens with one attached hydrogen (secondary N) is 2. The fourth-order valence-electron chi connectivity index (χ4n) is 1.48. The summed E-state index contributed by atoms with van der Waals surface area (Å²) in [4.78, 5) is 14.0. The van der Waals surface area contributed by atoms with Crippen LogP contribution in [0.15, 0.2) is 18.2 Å². The largest absolute Gasteiger partial charge is 0.348 e. The van der Waals surface area contributed by atoms with Gasteiger partial charge in [0.1, 0.15) is 0 Å². The number of aromatic nitrogens is 2. The van der Waals surface area contributed by atoms with Gasteiger partial charge in [0.2, 0.25) is 0 Å². The molecule has 0 aromatic carbocycles. The van der Waals surface area contributed by atoms with Crippen molar-refractivity contribution in [2.45, 2.75) is 26.8 Å². The van der Waals surface area contributed by atoms with Gasteiger partial charge in [0, 0.05) is 10.9 Å². The number of thiophene rings is 1. The van der Waals surface area contributed by atoms with Crippen LogP contribution >= 0.6 is 11.3 Å². The van der Waals surface area contributed by atoms with E-state index in [4.69, 9.17) is 0 Å². The van der Waals surface area contributed by atoms with Crippen LogP contribution < -0.4 is 5.32 Å². The number of H-pyrrole nitrogens is 1. The molecule has 0 aliphatic heterocycles. The van der Waals surface area contributed by atoms with Gasteiger partial charge in [-0.15, -0.1) is 11.3 Å². The Hall–Kier alpha value is -1.62. The first-order valence-electron chi connectivity index (χ1n) is 5.49. The highest BCUT2D eigenvalue weighted by atomic mass is 32.1. The van der Waals surface area contributed by atoms with Gasteiger partial charge in [-0.25, -0.2) is 0 Å². The molecule has 0 unspecified atom stereocenters. The molecule has 90 valence electrons. The van der Waals surface area contributed by atoms with Gasteiger partial charge < -0.3 is 5.32 Å². The van der Waals surface area contributed by atoms with E-state index < -0.39 is 0 Å². The molecule has 0 aliphatic rings. The highest BCUT2D eigenvalue weighted by molar-refractivity contribution is 7.15. The van der Waals surface area contributed by atoms with Crippen LogP contribution in [0.4, 0.5) is 0 Å². The van der Waals surface area contributed by atoms with Crippen molar-refractivity contribution in [1.82, 2.24) is 15.5 Å². The van der Waals surface area contributed by atoms with Crippen molar-refractivity contribution in [2.24, 2.45) is 0 Å². The Kier molecular flexibility index (Phi) is 3.28. The number of aryl methyl sites for hydroxylation is 1. The first-order chi connectivity index (χ1) is 8.06. The van der Waals surface area contributed by atoms with Crippen LogP contribution in [-0.2, 0) is 0 Å². The van der Waals surface area contributed by atoms with E-state index in [0.29, 0.717) is 5.69 Å². The maximum absolute atomic E-state index is 11.7. The number of carbonyl (C=O) groups is 1. The summed E-state index contributed by atoms with van der Waals surface area (Å²) in [6, 6.07) is 5.97. The van der Waals surface area contributed by atoms with Crippen molar-refractivity contribution in [3.05, 3.63) is 28.8 Å². The van der Waals surface area contributed by atoms with E-state index in [1.165, 1.54) is 4.88 Å². The summed E-state index contributed by atoms with van der Waals surface area (Å²) in [6.07, 6.45) is 0. The highest BCUT2D eigenvalue weighted by Crippen LogP contribution is 2.26. The second kappa shape index (κ2) is 4.71. The lowest BCUT2D eigenvalue weighted by molar-refractivity contribution is 0.0938. The van der Waals surface area contributed by atoms with Crippen molar-refractivity contribution in [3.63, 3.8) is 0 Å². The zero-order chi connectivity index (χ0) is 12.4. The fraction of sp³-hybridized carbons (Fsp3) is 0.333. The number of carbonyl (C=O) groups excluding carboxylic acids is 1. The predicted octanol–water partition coefficient (Wildman–Crippen LogP) is 2.58. The van der Waals surface area contributed by atoms with E-state index >= 15 is 0 Å². The normalized spacial score (nSPS) is 10.8. The fourth-order valence-corrected chi connectivity index (χ4v) is 2.31. The molecule has 2 N–H and O–H groups in total. The van der Waals surface area contributed by atoms with Gasteiger partial charge in [0.05, 0.1) is 10.6 Å². The predicted molar refractivity (Wildman–Crippen MR) is 69.2 cm³/mol. The molecule has 0 atom stereocenters. The van der Waals surface area contributed by atoms with Crippen LogP contribution in [0.1, 0.15) is 29.2 Å². The lowest BCUT2D eigenvalue weighted by Crippen LogP contribution is -2.30. The third-order valence-electron chi connectivity index (χ3n) is 2.24. The van der Waals surface area contributed by atoms with Crippen molar-refractivity contribution in [2.75, 3.05) is 0 Å². The van der Waals surface area contributed by atoms with Gasteiger partial charge in [-0.05, 0) is 39.0 Å². The molecule has 2 aromatic heterocycles. The average Bonchev–Trinajstić information content (AvgIpc) is 2.84. The van der Waals surface area contributed by atoms with Crippen LogP contribution in [0.3, 0.4) is 0 Å². The molecule has 2 aromatic rings. The monoisotopic (exact) mass is 249 g/mol. The molecule has 2 heterocycles. The van der Waals surface area contributed by atoms with Crippen molar-refractivity contribution < 1.29 is 4.79 Å². The molecule has 2 rings (SSSR count). The Bertz CT molecular complexity index is 527. The summed E-state index contributed by atoms with van der Waals surface area (Å²) in [7, 11) is 0. The summed E-state index contributed by atoms with van der Waals surface area (Å²) in [5, 5.41) is 9.72. The van der Waals surface area contributed by atoms with E-state index in [2.05, 4.69) is 28.5 Å². The first kappa shape index (κ1) is 11.9. The van der Waals surface area contributed by atoms with Gasteiger partial charge >= 0.3 is 0 Å². The summed E-state index contributed by atoms with van der Waals surface area (Å²) in [5.74, 6) is -0.143. The molecule has 1 amide bonds. The molecule has 0 spiro atoms. The molecular weight excluding hydrogens is 234 g/mol. The van der Waals surface area contributed by atoms with E-state index in [1.54, 1.807) is 17.4 Å². The number of aromatic amines is 1. The minimum absolute atomic E-state index is 0.117. The molecule has 0 radical (unpaired) electrons. The third kappa shape index (κ3) is 2.74. The Morgan fingerprint density at radius 2 is 2.24 bits per heavy atom. The lowest BCUT2D eigenvalue weighted by atomic mass is 10.3. The summed E-state index contributed by atoms with van der Waals surface area (Å²) in [5.41, 5.74) is 1.32. The molecule has 0 bridgehead atoms. The maximum atomic E-state index is 11.7. The average molecular weight is 249 g/mol. The Labute approximate surface area is 104 Å². The van der Waals surface area contributed by atoms with Crippen molar-refractivity contribution >= 4 is 17.2 Å². The SMILES string of the molecule is Cc1ccc(-c2cc(C(=O)NC(C)C)n[nH]2)s1. The second-order valence-electron chi connectivity index (χ2n) is 4.21. The molecule has 4 nitrogen and oxygen atoms in total. The van der Waals surface area contributed by atoms with Crippen LogP contribution in [-0.4, -0.2) is 22.1 Å². The van der Waals surface area contributed by atoms with Gasteiger partial charge in [-0.2, -0.15) is 5.10 Å². The smallest absolute Gasteiger partial charge is 0.271 e. The van der Waals surface area contributed by atoms with Crippen LogP contribution in [0.25, 0.3) is 10.6 Å². The Morgan fingerprint density at radius 3 is 2.82 bits per heavy atom. The van der Waals surface area contributed by atoms with Crippen molar-refractivity contribution in [3.8, 4) is 10.6 Å². The van der Waals surface area contributed by atoms with Crippen LogP contribution in [0.2, 0.25) is 0 Å². The van der Waals surface area contributed by atoms with Crippen LogP contribution in [0.5, 0.6) is 0 Å². The zero-order valence-corrected chi connectivity index (χ0v) is 10.9. The van der Waals surface area contributed by atoms with Gasteiger partial charge in [-0.1, -0.05) is 0 Å². The molecule has 0 aliphatic carbocycles. The summed E-state index contributed by atoms with van der Waals surface area (Å²) >= 11 is 1.68. The number of rotatable bonds is 3. The quantitative estimate of drug-likeness (QED) is 0.878.